The zero-order chi connectivity index (χ0) is 17.0. The Labute approximate surface area is 141 Å². The van der Waals surface area contributed by atoms with Crippen LogP contribution in [-0.4, -0.2) is 17.4 Å². The van der Waals surface area contributed by atoms with Gasteiger partial charge < -0.3 is 10.1 Å². The number of ether oxygens (including phenoxy) is 1. The summed E-state index contributed by atoms with van der Waals surface area (Å²) in [5.41, 5.74) is 1.21. The first-order chi connectivity index (χ1) is 10.9. The second kappa shape index (κ2) is 7.23. The molecule has 0 aromatic heterocycles. The summed E-state index contributed by atoms with van der Waals surface area (Å²) in [6.45, 7) is 4.00. The van der Waals surface area contributed by atoms with Crippen LogP contribution in [0.25, 0.3) is 0 Å². The van der Waals surface area contributed by atoms with E-state index in [9.17, 15) is 14.9 Å². The molecule has 0 aliphatic rings. The van der Waals surface area contributed by atoms with Crippen LogP contribution in [0.3, 0.4) is 0 Å². The highest BCUT2D eigenvalue weighted by atomic mass is 79.9. The number of carbonyl (C=O) groups excluding carboxylic acids is 1. The van der Waals surface area contributed by atoms with E-state index in [0.29, 0.717) is 33.6 Å². The Morgan fingerprint density at radius 1 is 1.35 bits per heavy atom. The number of carbonyl (C=O) groups is 1. The van der Waals surface area contributed by atoms with Gasteiger partial charge in [-0.15, -0.1) is 0 Å². The fourth-order valence-corrected chi connectivity index (χ4v) is 2.56. The van der Waals surface area contributed by atoms with Crippen LogP contribution in [0.5, 0.6) is 5.75 Å². The molecular weight excluding hydrogens is 364 g/mol. The molecule has 7 heteroatoms. The first-order valence-corrected chi connectivity index (χ1v) is 7.71. The first kappa shape index (κ1) is 17.0. The van der Waals surface area contributed by atoms with Crippen LogP contribution >= 0.6 is 15.9 Å². The molecule has 0 radical (unpaired) electrons. The van der Waals surface area contributed by atoms with Crippen LogP contribution in [-0.2, 0) is 0 Å². The Bertz CT molecular complexity index is 762. The van der Waals surface area contributed by atoms with Crippen molar-refractivity contribution in [3.63, 3.8) is 0 Å². The number of nitrogens with zero attached hydrogens (tertiary/aromatic N) is 1. The van der Waals surface area contributed by atoms with Gasteiger partial charge in [-0.05, 0) is 54.0 Å². The number of anilines is 1. The second-order valence-electron chi connectivity index (χ2n) is 4.74. The van der Waals surface area contributed by atoms with Crippen LogP contribution in [0.2, 0.25) is 0 Å². The van der Waals surface area contributed by atoms with E-state index < -0.39 is 4.92 Å². The molecule has 0 saturated heterocycles. The number of nitro groups is 1. The largest absolute Gasteiger partial charge is 0.493 e. The lowest BCUT2D eigenvalue weighted by Gasteiger charge is -2.10. The SMILES string of the molecule is CCOc1ccc(C(=O)Nc2cccc([N+](=O)[O-])c2C)cc1Br. The van der Waals surface area contributed by atoms with E-state index in [1.54, 1.807) is 31.2 Å². The molecule has 0 saturated carbocycles. The minimum atomic E-state index is -0.474. The molecular formula is C16H15BrN2O4. The smallest absolute Gasteiger partial charge is 0.274 e. The fraction of sp³-hybridized carbons (Fsp3) is 0.188. The van der Waals surface area contributed by atoms with E-state index in [1.165, 1.54) is 12.1 Å². The number of benzene rings is 2. The molecule has 0 bridgehead atoms. The Hall–Kier alpha value is -2.41. The van der Waals surface area contributed by atoms with Gasteiger partial charge in [-0.3, -0.25) is 14.9 Å². The third-order valence-electron chi connectivity index (χ3n) is 3.24. The molecule has 0 atom stereocenters. The van der Waals surface area contributed by atoms with E-state index in [1.807, 2.05) is 6.92 Å². The van der Waals surface area contributed by atoms with Gasteiger partial charge in [0.2, 0.25) is 0 Å². The molecule has 0 spiro atoms. The highest BCUT2D eigenvalue weighted by Gasteiger charge is 2.16. The van der Waals surface area contributed by atoms with Crippen molar-refractivity contribution in [2.45, 2.75) is 13.8 Å². The van der Waals surface area contributed by atoms with E-state index in [-0.39, 0.29) is 11.6 Å². The van der Waals surface area contributed by atoms with Crippen LogP contribution in [0.1, 0.15) is 22.8 Å². The van der Waals surface area contributed by atoms with E-state index in [0.717, 1.165) is 0 Å². The predicted molar refractivity (Wildman–Crippen MR) is 91.1 cm³/mol. The summed E-state index contributed by atoms with van der Waals surface area (Å²) >= 11 is 3.35. The normalized spacial score (nSPS) is 10.2. The number of nitro benzene ring substituents is 1. The van der Waals surface area contributed by atoms with Gasteiger partial charge in [0.05, 0.1) is 27.3 Å². The zero-order valence-electron chi connectivity index (χ0n) is 12.6. The number of halogens is 1. The number of amides is 1. The lowest BCUT2D eigenvalue weighted by molar-refractivity contribution is -0.385. The van der Waals surface area contributed by atoms with Crippen LogP contribution in [0.4, 0.5) is 11.4 Å². The van der Waals surface area contributed by atoms with Gasteiger partial charge in [0.25, 0.3) is 11.6 Å². The molecule has 0 aliphatic carbocycles. The summed E-state index contributed by atoms with van der Waals surface area (Å²) in [6.07, 6.45) is 0. The average Bonchev–Trinajstić information content (AvgIpc) is 2.51. The summed E-state index contributed by atoms with van der Waals surface area (Å²) in [7, 11) is 0. The van der Waals surface area contributed by atoms with Gasteiger partial charge in [0, 0.05) is 11.6 Å². The molecule has 0 unspecified atom stereocenters. The van der Waals surface area contributed by atoms with Crippen LogP contribution in [0, 0.1) is 17.0 Å². The van der Waals surface area contributed by atoms with Crippen LogP contribution < -0.4 is 10.1 Å². The average molecular weight is 379 g/mol. The maximum Gasteiger partial charge on any atom is 0.274 e. The summed E-state index contributed by atoms with van der Waals surface area (Å²) in [4.78, 5) is 22.8. The molecule has 0 aliphatic heterocycles. The number of hydrogen-bond donors (Lipinski definition) is 1. The summed E-state index contributed by atoms with van der Waals surface area (Å²) in [5, 5.41) is 13.6. The van der Waals surface area contributed by atoms with E-state index in [2.05, 4.69) is 21.2 Å². The van der Waals surface area contributed by atoms with Gasteiger partial charge >= 0.3 is 0 Å². The molecule has 120 valence electrons. The molecule has 1 N–H and O–H groups in total. The molecule has 2 aromatic carbocycles. The molecule has 0 fully saturated rings. The van der Waals surface area contributed by atoms with E-state index >= 15 is 0 Å². The van der Waals surface area contributed by atoms with Gasteiger partial charge in [-0.1, -0.05) is 6.07 Å². The minimum Gasteiger partial charge on any atom is -0.493 e. The van der Waals surface area contributed by atoms with Crippen molar-refractivity contribution in [2.24, 2.45) is 0 Å². The number of hydrogen-bond acceptors (Lipinski definition) is 4. The van der Waals surface area contributed by atoms with E-state index in [4.69, 9.17) is 4.74 Å². The Morgan fingerprint density at radius 2 is 2.09 bits per heavy atom. The van der Waals surface area contributed by atoms with Crippen molar-refractivity contribution in [1.82, 2.24) is 0 Å². The molecule has 6 nitrogen and oxygen atoms in total. The Kier molecular flexibility index (Phi) is 5.33. The van der Waals surface area contributed by atoms with Crippen molar-refractivity contribution >= 4 is 33.2 Å². The number of rotatable bonds is 5. The molecule has 2 aromatic rings. The quantitative estimate of drug-likeness (QED) is 0.620. The monoisotopic (exact) mass is 378 g/mol. The zero-order valence-corrected chi connectivity index (χ0v) is 14.2. The van der Waals surface area contributed by atoms with Crippen molar-refractivity contribution in [1.29, 1.82) is 0 Å². The summed E-state index contributed by atoms with van der Waals surface area (Å²) < 4.78 is 6.07. The first-order valence-electron chi connectivity index (χ1n) is 6.91. The lowest BCUT2D eigenvalue weighted by atomic mass is 10.1. The topological polar surface area (TPSA) is 81.5 Å². The molecule has 2 rings (SSSR count). The van der Waals surface area contributed by atoms with Crippen molar-refractivity contribution in [3.05, 3.63) is 62.1 Å². The summed E-state index contributed by atoms with van der Waals surface area (Å²) in [5.74, 6) is 0.299. The van der Waals surface area contributed by atoms with Gasteiger partial charge in [0.15, 0.2) is 0 Å². The Balaban J connectivity index is 2.24. The van der Waals surface area contributed by atoms with Gasteiger partial charge in [0.1, 0.15) is 5.75 Å². The standard InChI is InChI=1S/C16H15BrN2O4/c1-3-23-15-8-7-11(9-12(15)17)16(20)18-13-5-4-6-14(10(13)2)19(21)22/h4-9H,3H2,1-2H3,(H,18,20). The van der Waals surface area contributed by atoms with Crippen molar-refractivity contribution in [3.8, 4) is 5.75 Å². The van der Waals surface area contributed by atoms with Gasteiger partial charge in [-0.2, -0.15) is 0 Å². The lowest BCUT2D eigenvalue weighted by Crippen LogP contribution is -2.13. The fourth-order valence-electron chi connectivity index (χ4n) is 2.07. The highest BCUT2D eigenvalue weighted by molar-refractivity contribution is 9.10. The third kappa shape index (κ3) is 3.87. The minimum absolute atomic E-state index is 0.0318. The van der Waals surface area contributed by atoms with Gasteiger partial charge in [-0.25, -0.2) is 0 Å². The maximum atomic E-state index is 12.3. The third-order valence-corrected chi connectivity index (χ3v) is 3.86. The molecule has 1 amide bonds. The predicted octanol–water partition coefficient (Wildman–Crippen LogP) is 4.32. The molecule has 23 heavy (non-hydrogen) atoms. The van der Waals surface area contributed by atoms with Crippen molar-refractivity contribution in [2.75, 3.05) is 11.9 Å². The highest BCUT2D eigenvalue weighted by Crippen LogP contribution is 2.28. The maximum absolute atomic E-state index is 12.3. The van der Waals surface area contributed by atoms with Crippen molar-refractivity contribution < 1.29 is 14.5 Å². The molecule has 0 heterocycles. The van der Waals surface area contributed by atoms with Crippen LogP contribution in [0.15, 0.2) is 40.9 Å². The second-order valence-corrected chi connectivity index (χ2v) is 5.59. The Morgan fingerprint density at radius 3 is 2.70 bits per heavy atom. The summed E-state index contributed by atoms with van der Waals surface area (Å²) in [6, 6.07) is 9.55. The number of nitrogens with one attached hydrogen (secondary N) is 1.